The Morgan fingerprint density at radius 1 is 1.11 bits per heavy atom. The standard InChI is InChI=1S/C21H15ClN2O4/c1-2-28-16-10-6-5-9-15(16)24-21(27)14(11-23)17-18(22)20(26)13-8-4-3-7-12(13)19(17)25/h3-10,14H,2H2,1H3,(H,24,27)/t14-/m1/s1. The van der Waals surface area contributed by atoms with Gasteiger partial charge in [0.2, 0.25) is 11.7 Å². The number of carbonyl (C=O) groups is 3. The molecule has 0 unspecified atom stereocenters. The third kappa shape index (κ3) is 3.40. The van der Waals surface area contributed by atoms with Crippen molar-refractivity contribution in [1.29, 1.82) is 5.26 Å². The van der Waals surface area contributed by atoms with Gasteiger partial charge in [0.25, 0.3) is 0 Å². The lowest BCUT2D eigenvalue weighted by molar-refractivity contribution is -0.117. The number of hydrogen-bond acceptors (Lipinski definition) is 5. The van der Waals surface area contributed by atoms with E-state index in [4.69, 9.17) is 16.3 Å². The van der Waals surface area contributed by atoms with Gasteiger partial charge in [-0.25, -0.2) is 0 Å². The van der Waals surface area contributed by atoms with E-state index in [1.54, 1.807) is 49.4 Å². The number of fused-ring (bicyclic) bond motifs is 1. The zero-order valence-electron chi connectivity index (χ0n) is 14.9. The second kappa shape index (κ2) is 8.07. The zero-order chi connectivity index (χ0) is 20.3. The molecule has 0 bridgehead atoms. The number of nitriles is 1. The monoisotopic (exact) mass is 394 g/mol. The lowest BCUT2D eigenvalue weighted by Gasteiger charge is -2.21. The average Bonchev–Trinajstić information content (AvgIpc) is 2.71. The summed E-state index contributed by atoms with van der Waals surface area (Å²) in [6.07, 6.45) is 0. The fourth-order valence-electron chi connectivity index (χ4n) is 2.93. The molecule has 0 heterocycles. The van der Waals surface area contributed by atoms with E-state index in [1.165, 1.54) is 12.1 Å². The van der Waals surface area contributed by atoms with Crippen LogP contribution in [0.2, 0.25) is 0 Å². The molecule has 0 aromatic heterocycles. The summed E-state index contributed by atoms with van der Waals surface area (Å²) in [5, 5.41) is 11.7. The van der Waals surface area contributed by atoms with E-state index in [0.717, 1.165) is 0 Å². The molecule has 0 aliphatic heterocycles. The van der Waals surface area contributed by atoms with Gasteiger partial charge in [0, 0.05) is 16.7 Å². The Morgan fingerprint density at radius 2 is 1.71 bits per heavy atom. The normalized spacial score (nSPS) is 14.2. The molecule has 0 fully saturated rings. The van der Waals surface area contributed by atoms with E-state index in [9.17, 15) is 19.6 Å². The summed E-state index contributed by atoms with van der Waals surface area (Å²) in [5.74, 6) is -3.10. The van der Waals surface area contributed by atoms with E-state index in [-0.39, 0.29) is 16.7 Å². The van der Waals surface area contributed by atoms with Crippen LogP contribution in [-0.2, 0) is 4.79 Å². The van der Waals surface area contributed by atoms with Crippen LogP contribution < -0.4 is 10.1 Å². The number of carbonyl (C=O) groups excluding carboxylic acids is 3. The van der Waals surface area contributed by atoms with E-state index >= 15 is 0 Å². The quantitative estimate of drug-likeness (QED) is 0.833. The van der Waals surface area contributed by atoms with Crippen molar-refractivity contribution in [3.8, 4) is 11.8 Å². The maximum absolute atomic E-state index is 12.8. The second-order valence-electron chi connectivity index (χ2n) is 5.91. The molecule has 2 aromatic carbocycles. The Balaban J connectivity index is 1.97. The number of ether oxygens (including phenoxy) is 1. The molecular weight excluding hydrogens is 380 g/mol. The first-order valence-electron chi connectivity index (χ1n) is 8.50. The second-order valence-corrected chi connectivity index (χ2v) is 6.29. The van der Waals surface area contributed by atoms with Gasteiger partial charge in [-0.1, -0.05) is 48.0 Å². The molecule has 6 nitrogen and oxygen atoms in total. The molecule has 1 amide bonds. The molecule has 3 rings (SSSR count). The summed E-state index contributed by atoms with van der Waals surface area (Å²) >= 11 is 6.11. The highest BCUT2D eigenvalue weighted by Gasteiger charge is 2.38. The number of ketones is 2. The van der Waals surface area contributed by atoms with Crippen molar-refractivity contribution < 1.29 is 19.1 Å². The number of anilines is 1. The molecule has 1 aliphatic rings. The Morgan fingerprint density at radius 3 is 2.36 bits per heavy atom. The number of Topliss-reactive ketones (excluding diaryl/α,β-unsaturated/α-hetero) is 2. The summed E-state index contributed by atoms with van der Waals surface area (Å²) < 4.78 is 5.45. The Kier molecular flexibility index (Phi) is 5.57. The minimum absolute atomic E-state index is 0.120. The predicted octanol–water partition coefficient (Wildman–Crippen LogP) is 3.74. The number of allylic oxidation sites excluding steroid dienone is 1. The van der Waals surface area contributed by atoms with Crippen LogP contribution in [0.4, 0.5) is 5.69 Å². The fourth-order valence-corrected chi connectivity index (χ4v) is 3.23. The maximum atomic E-state index is 12.8. The summed E-state index contributed by atoms with van der Waals surface area (Å²) in [4.78, 5) is 38.1. The highest BCUT2D eigenvalue weighted by atomic mass is 35.5. The summed E-state index contributed by atoms with van der Waals surface area (Å²) in [7, 11) is 0. The Hall–Kier alpha value is -3.43. The highest BCUT2D eigenvalue weighted by Crippen LogP contribution is 2.33. The van der Waals surface area contributed by atoms with Crippen molar-refractivity contribution in [1.82, 2.24) is 0 Å². The fraction of sp³-hybridized carbons (Fsp3) is 0.143. The molecule has 140 valence electrons. The van der Waals surface area contributed by atoms with Gasteiger partial charge in [0.05, 0.1) is 23.4 Å². The summed E-state index contributed by atoms with van der Waals surface area (Å²) in [6, 6.07) is 14.6. The topological polar surface area (TPSA) is 96.3 Å². The number of rotatable bonds is 5. The summed E-state index contributed by atoms with van der Waals surface area (Å²) in [6.45, 7) is 2.18. The molecule has 2 aromatic rings. The van der Waals surface area contributed by atoms with Crippen molar-refractivity contribution in [3.05, 3.63) is 70.3 Å². The molecule has 7 heteroatoms. The van der Waals surface area contributed by atoms with Gasteiger partial charge in [-0.15, -0.1) is 0 Å². The van der Waals surface area contributed by atoms with Crippen LogP contribution in [0.25, 0.3) is 0 Å². The number of benzene rings is 2. The number of amides is 1. The largest absolute Gasteiger partial charge is 0.492 e. The lowest BCUT2D eigenvalue weighted by Crippen LogP contribution is -2.31. The van der Waals surface area contributed by atoms with E-state index in [0.29, 0.717) is 18.0 Å². The van der Waals surface area contributed by atoms with Gasteiger partial charge in [-0.3, -0.25) is 14.4 Å². The molecule has 0 spiro atoms. The highest BCUT2D eigenvalue weighted by molar-refractivity contribution is 6.50. The number of nitrogens with zero attached hydrogens (tertiary/aromatic N) is 1. The summed E-state index contributed by atoms with van der Waals surface area (Å²) in [5.41, 5.74) is 0.301. The van der Waals surface area contributed by atoms with Crippen LogP contribution in [0.15, 0.2) is 59.1 Å². The van der Waals surface area contributed by atoms with Crippen LogP contribution in [-0.4, -0.2) is 24.1 Å². The number of halogens is 1. The van der Waals surface area contributed by atoms with Crippen LogP contribution in [0.3, 0.4) is 0 Å². The van der Waals surface area contributed by atoms with Gasteiger partial charge in [-0.05, 0) is 19.1 Å². The van der Waals surface area contributed by atoms with Gasteiger partial charge in [-0.2, -0.15) is 5.26 Å². The van der Waals surface area contributed by atoms with Gasteiger partial charge < -0.3 is 10.1 Å². The maximum Gasteiger partial charge on any atom is 0.246 e. The minimum Gasteiger partial charge on any atom is -0.492 e. The molecule has 0 saturated carbocycles. The van der Waals surface area contributed by atoms with Crippen molar-refractivity contribution in [3.63, 3.8) is 0 Å². The van der Waals surface area contributed by atoms with Crippen LogP contribution in [0.1, 0.15) is 27.6 Å². The number of para-hydroxylation sites is 2. The zero-order valence-corrected chi connectivity index (χ0v) is 15.6. The third-order valence-electron chi connectivity index (χ3n) is 4.22. The van der Waals surface area contributed by atoms with E-state index < -0.39 is 28.4 Å². The van der Waals surface area contributed by atoms with Crippen LogP contribution in [0, 0.1) is 17.2 Å². The van der Waals surface area contributed by atoms with Crippen LogP contribution in [0.5, 0.6) is 5.75 Å². The average molecular weight is 395 g/mol. The molecule has 1 atom stereocenters. The van der Waals surface area contributed by atoms with Crippen molar-refractivity contribution in [2.45, 2.75) is 6.92 Å². The van der Waals surface area contributed by atoms with Gasteiger partial charge in [0.15, 0.2) is 11.7 Å². The van der Waals surface area contributed by atoms with Crippen molar-refractivity contribution in [2.24, 2.45) is 5.92 Å². The third-order valence-corrected chi connectivity index (χ3v) is 4.60. The molecule has 1 N–H and O–H groups in total. The van der Waals surface area contributed by atoms with Crippen molar-refractivity contribution in [2.75, 3.05) is 11.9 Å². The predicted molar refractivity (Wildman–Crippen MR) is 103 cm³/mol. The van der Waals surface area contributed by atoms with E-state index in [2.05, 4.69) is 5.32 Å². The minimum atomic E-state index is -1.55. The Bertz CT molecular complexity index is 1050. The first-order valence-corrected chi connectivity index (χ1v) is 8.87. The van der Waals surface area contributed by atoms with Gasteiger partial charge >= 0.3 is 0 Å². The van der Waals surface area contributed by atoms with Gasteiger partial charge in [0.1, 0.15) is 5.75 Å². The number of hydrogen-bond donors (Lipinski definition) is 1. The molecule has 1 aliphatic carbocycles. The smallest absolute Gasteiger partial charge is 0.246 e. The van der Waals surface area contributed by atoms with Crippen LogP contribution >= 0.6 is 11.6 Å². The van der Waals surface area contributed by atoms with Crippen molar-refractivity contribution >= 4 is 34.8 Å². The Labute approximate surface area is 166 Å². The SMILES string of the molecule is CCOc1ccccc1NC(=O)[C@H](C#N)C1=C(Cl)C(=O)c2ccccc2C1=O. The molecule has 0 saturated heterocycles. The first kappa shape index (κ1) is 19.3. The van der Waals surface area contributed by atoms with E-state index in [1.807, 2.05) is 0 Å². The molecule has 0 radical (unpaired) electrons. The first-order chi connectivity index (χ1) is 13.5. The lowest BCUT2D eigenvalue weighted by atomic mass is 9.83. The molecular formula is C21H15ClN2O4. The number of nitrogens with one attached hydrogen (secondary N) is 1. The molecule has 28 heavy (non-hydrogen) atoms.